The molecule has 4 nitrogen and oxygen atoms in total. The maximum Gasteiger partial charge on any atom is 0.167 e. The quantitative estimate of drug-likeness (QED) is 0.856. The molecule has 0 spiro atoms. The first-order valence-corrected chi connectivity index (χ1v) is 6.74. The average molecular weight is 326 g/mol. The zero-order valence-corrected chi connectivity index (χ0v) is 13.0. The topological polar surface area (TPSA) is 47.7 Å². The fourth-order valence-electron chi connectivity index (χ4n) is 2.26. The Kier molecular flexibility index (Phi) is 4.88. The van der Waals surface area contributed by atoms with Crippen LogP contribution in [0.1, 0.15) is 5.56 Å². The number of benzene rings is 2. The van der Waals surface area contributed by atoms with Gasteiger partial charge in [0.05, 0.1) is 31.2 Å². The number of halogens is 3. The number of hydrogen-bond acceptors (Lipinski definition) is 4. The van der Waals surface area contributed by atoms with Crippen LogP contribution in [0.2, 0.25) is 0 Å². The molecule has 0 saturated carbocycles. The van der Waals surface area contributed by atoms with Crippen LogP contribution in [0.3, 0.4) is 0 Å². The summed E-state index contributed by atoms with van der Waals surface area (Å²) >= 11 is 0. The summed E-state index contributed by atoms with van der Waals surface area (Å²) < 4.78 is 51.2. The summed E-state index contributed by atoms with van der Waals surface area (Å²) in [6.45, 7) is -0.0196. The van der Waals surface area contributed by atoms with Crippen molar-refractivity contribution in [2.75, 3.05) is 31.9 Å². The molecule has 2 rings (SSSR count). The minimum atomic E-state index is -0.995. The van der Waals surface area contributed by atoms with Crippen LogP contribution in [0.5, 0.6) is 11.5 Å². The van der Waals surface area contributed by atoms with Crippen molar-refractivity contribution in [1.29, 1.82) is 0 Å². The Morgan fingerprint density at radius 2 is 1.65 bits per heavy atom. The Morgan fingerprint density at radius 1 is 1.00 bits per heavy atom. The third kappa shape index (κ3) is 3.28. The number of methoxy groups -OCH3 is 2. The van der Waals surface area contributed by atoms with Gasteiger partial charge in [-0.05, 0) is 18.2 Å². The maximum atomic E-state index is 14.1. The van der Waals surface area contributed by atoms with Gasteiger partial charge in [0.25, 0.3) is 0 Å². The summed E-state index contributed by atoms with van der Waals surface area (Å²) in [4.78, 5) is 1.56. The minimum Gasteiger partial charge on any atom is -0.496 e. The zero-order valence-electron chi connectivity index (χ0n) is 13.0. The van der Waals surface area contributed by atoms with Gasteiger partial charge in [-0.25, -0.2) is 13.2 Å². The highest BCUT2D eigenvalue weighted by Crippen LogP contribution is 2.34. The van der Waals surface area contributed by atoms with E-state index in [0.717, 1.165) is 12.1 Å². The fourth-order valence-corrected chi connectivity index (χ4v) is 2.26. The second-order valence-corrected chi connectivity index (χ2v) is 4.94. The smallest absolute Gasteiger partial charge is 0.167 e. The van der Waals surface area contributed by atoms with Crippen LogP contribution in [0.15, 0.2) is 24.3 Å². The van der Waals surface area contributed by atoms with Gasteiger partial charge in [-0.2, -0.15) is 0 Å². The summed E-state index contributed by atoms with van der Waals surface area (Å²) in [6.07, 6.45) is 0. The first-order chi connectivity index (χ1) is 10.9. The normalized spacial score (nSPS) is 10.5. The second-order valence-electron chi connectivity index (χ2n) is 4.94. The molecular weight excluding hydrogens is 309 g/mol. The van der Waals surface area contributed by atoms with Gasteiger partial charge in [-0.15, -0.1) is 0 Å². The zero-order chi connectivity index (χ0) is 17.1. The van der Waals surface area contributed by atoms with Crippen molar-refractivity contribution in [2.24, 2.45) is 0 Å². The lowest BCUT2D eigenvalue weighted by Crippen LogP contribution is -2.19. The van der Waals surface area contributed by atoms with Crippen molar-refractivity contribution in [3.63, 3.8) is 0 Å². The molecule has 0 fully saturated rings. The average Bonchev–Trinajstić information content (AvgIpc) is 2.54. The summed E-state index contributed by atoms with van der Waals surface area (Å²) in [5.74, 6) is -2.14. The van der Waals surface area contributed by atoms with E-state index >= 15 is 0 Å². The van der Waals surface area contributed by atoms with E-state index in [9.17, 15) is 13.2 Å². The van der Waals surface area contributed by atoms with Gasteiger partial charge in [-0.1, -0.05) is 0 Å². The Bertz CT molecular complexity index is 723. The van der Waals surface area contributed by atoms with Gasteiger partial charge in [0.2, 0.25) is 0 Å². The molecule has 23 heavy (non-hydrogen) atoms. The van der Waals surface area contributed by atoms with Crippen molar-refractivity contribution in [3.8, 4) is 11.5 Å². The van der Waals surface area contributed by atoms with E-state index in [1.165, 1.54) is 26.4 Å². The standard InChI is InChI=1S/C16H17F3N2O2/c1-21(13-7-12(20)11(18)6-15(13)23-3)8-9-14(22-2)5-4-10(17)16(9)19/h4-7H,8,20H2,1-3H3. The summed E-state index contributed by atoms with van der Waals surface area (Å²) in [5, 5.41) is 0. The summed E-state index contributed by atoms with van der Waals surface area (Å²) in [6, 6.07) is 4.85. The Hall–Kier alpha value is -2.57. The molecule has 0 saturated heterocycles. The molecule has 0 aliphatic heterocycles. The number of hydrogen-bond donors (Lipinski definition) is 1. The molecule has 0 heterocycles. The molecule has 2 aromatic carbocycles. The number of nitrogens with two attached hydrogens (primary N) is 1. The summed E-state index contributed by atoms with van der Waals surface area (Å²) in [7, 11) is 4.37. The van der Waals surface area contributed by atoms with E-state index in [2.05, 4.69) is 0 Å². The van der Waals surface area contributed by atoms with E-state index in [4.69, 9.17) is 15.2 Å². The molecule has 2 N–H and O–H groups in total. The van der Waals surface area contributed by atoms with Crippen LogP contribution >= 0.6 is 0 Å². The maximum absolute atomic E-state index is 14.1. The lowest BCUT2D eigenvalue weighted by molar-refractivity contribution is 0.396. The van der Waals surface area contributed by atoms with Gasteiger partial charge in [-0.3, -0.25) is 0 Å². The molecule has 7 heteroatoms. The molecule has 124 valence electrons. The number of rotatable bonds is 5. The fraction of sp³-hybridized carbons (Fsp3) is 0.250. The van der Waals surface area contributed by atoms with Gasteiger partial charge >= 0.3 is 0 Å². The largest absolute Gasteiger partial charge is 0.496 e. The van der Waals surface area contributed by atoms with E-state index in [-0.39, 0.29) is 29.3 Å². The van der Waals surface area contributed by atoms with Crippen LogP contribution in [0, 0.1) is 17.5 Å². The minimum absolute atomic E-state index is 0.0196. The molecular formula is C16H17F3N2O2. The summed E-state index contributed by atoms with van der Waals surface area (Å²) in [5.41, 5.74) is 5.98. The van der Waals surface area contributed by atoms with E-state index in [1.807, 2.05) is 0 Å². The van der Waals surface area contributed by atoms with Crippen LogP contribution in [0.25, 0.3) is 0 Å². The molecule has 0 radical (unpaired) electrons. The van der Waals surface area contributed by atoms with Gasteiger partial charge in [0.1, 0.15) is 17.3 Å². The first kappa shape index (κ1) is 16.8. The number of nitrogens with zero attached hydrogens (tertiary/aromatic N) is 1. The van der Waals surface area contributed by atoms with Crippen LogP contribution in [0.4, 0.5) is 24.5 Å². The van der Waals surface area contributed by atoms with Crippen molar-refractivity contribution in [3.05, 3.63) is 47.3 Å². The molecule has 0 bridgehead atoms. The van der Waals surface area contributed by atoms with E-state index in [0.29, 0.717) is 5.69 Å². The third-order valence-electron chi connectivity index (χ3n) is 3.48. The first-order valence-electron chi connectivity index (χ1n) is 6.74. The highest BCUT2D eigenvalue weighted by Gasteiger charge is 2.19. The Morgan fingerprint density at radius 3 is 2.26 bits per heavy atom. The van der Waals surface area contributed by atoms with Gasteiger partial charge < -0.3 is 20.1 Å². The predicted molar refractivity (Wildman–Crippen MR) is 82.4 cm³/mol. The Labute approximate surface area is 132 Å². The number of anilines is 2. The van der Waals surface area contributed by atoms with Crippen molar-refractivity contribution in [1.82, 2.24) is 0 Å². The number of ether oxygens (including phenoxy) is 2. The highest BCUT2D eigenvalue weighted by atomic mass is 19.2. The molecule has 0 aliphatic carbocycles. The van der Waals surface area contributed by atoms with Crippen molar-refractivity contribution >= 4 is 11.4 Å². The van der Waals surface area contributed by atoms with Gasteiger partial charge in [0, 0.05) is 19.7 Å². The monoisotopic (exact) mass is 326 g/mol. The molecule has 0 aliphatic rings. The van der Waals surface area contributed by atoms with Crippen LogP contribution in [-0.4, -0.2) is 21.3 Å². The van der Waals surface area contributed by atoms with E-state index in [1.54, 1.807) is 11.9 Å². The van der Waals surface area contributed by atoms with Crippen LogP contribution < -0.4 is 20.1 Å². The highest BCUT2D eigenvalue weighted by molar-refractivity contribution is 5.65. The lowest BCUT2D eigenvalue weighted by atomic mass is 10.1. The van der Waals surface area contributed by atoms with E-state index < -0.39 is 17.5 Å². The van der Waals surface area contributed by atoms with Crippen LogP contribution in [-0.2, 0) is 6.54 Å². The molecule has 0 aromatic heterocycles. The lowest BCUT2D eigenvalue weighted by Gasteiger charge is -2.23. The molecule has 0 unspecified atom stereocenters. The molecule has 2 aromatic rings. The third-order valence-corrected chi connectivity index (χ3v) is 3.48. The Balaban J connectivity index is 2.42. The molecule has 0 amide bonds. The van der Waals surface area contributed by atoms with Crippen molar-refractivity contribution in [2.45, 2.75) is 6.54 Å². The second kappa shape index (κ2) is 6.68. The number of nitrogen functional groups attached to an aromatic ring is 1. The van der Waals surface area contributed by atoms with Gasteiger partial charge in [0.15, 0.2) is 11.6 Å². The SMILES string of the molecule is COc1cc(F)c(N)cc1N(C)Cc1c(OC)ccc(F)c1F. The van der Waals surface area contributed by atoms with Crippen molar-refractivity contribution < 1.29 is 22.6 Å². The predicted octanol–water partition coefficient (Wildman–Crippen LogP) is 3.34. The molecule has 0 atom stereocenters.